The molecule has 0 amide bonds. The maximum Gasteiger partial charge on any atom is 0.164 e. The quantitative estimate of drug-likeness (QED) is 0.209. The molecular formula is C51H25B6N5O. The summed E-state index contributed by atoms with van der Waals surface area (Å²) in [6, 6.07) is 49.2. The van der Waals surface area contributed by atoms with Gasteiger partial charge in [0.1, 0.15) is 52.7 Å². The summed E-state index contributed by atoms with van der Waals surface area (Å²) in [7, 11) is 41.2. The second-order valence-electron chi connectivity index (χ2n) is 15.8. The molecule has 4 aromatic heterocycles. The number of fused-ring (bicyclic) bond motifs is 10. The predicted octanol–water partition coefficient (Wildman–Crippen LogP) is 5.73. The van der Waals surface area contributed by atoms with Gasteiger partial charge < -0.3 is 13.6 Å². The third-order valence-corrected chi connectivity index (χ3v) is 12.0. The van der Waals surface area contributed by atoms with Crippen LogP contribution in [0.2, 0.25) is 0 Å². The molecule has 0 saturated carbocycles. The molecule has 6 nitrogen and oxygen atoms in total. The lowest BCUT2D eigenvalue weighted by Gasteiger charge is -2.16. The smallest absolute Gasteiger partial charge is 0.164 e. The van der Waals surface area contributed by atoms with Crippen molar-refractivity contribution in [3.8, 4) is 45.5 Å². The van der Waals surface area contributed by atoms with Gasteiger partial charge in [-0.1, -0.05) is 148 Å². The Kier molecular flexibility index (Phi) is 8.32. The summed E-state index contributed by atoms with van der Waals surface area (Å²) >= 11 is 0. The van der Waals surface area contributed by atoms with Gasteiger partial charge in [0.2, 0.25) is 0 Å². The zero-order valence-corrected chi connectivity index (χ0v) is 33.5. The number of furan rings is 1. The van der Waals surface area contributed by atoms with E-state index < -0.39 is 0 Å². The largest absolute Gasteiger partial charge is 0.454 e. The normalized spacial score (nSPS) is 11.9. The number of benzene rings is 8. The lowest BCUT2D eigenvalue weighted by molar-refractivity contribution is 0.666. The van der Waals surface area contributed by atoms with Crippen LogP contribution in [-0.2, 0) is 0 Å². The van der Waals surface area contributed by atoms with E-state index in [1.165, 1.54) is 0 Å². The molecule has 0 N–H and O–H groups in total. The van der Waals surface area contributed by atoms with E-state index >= 15 is 0 Å². The topological polar surface area (TPSA) is 61.7 Å². The summed E-state index contributed by atoms with van der Waals surface area (Å²) in [5.74, 6) is 1.69. The van der Waals surface area contributed by atoms with Gasteiger partial charge in [0.05, 0.1) is 16.7 Å². The third kappa shape index (κ3) is 5.63. The highest BCUT2D eigenvalue weighted by molar-refractivity contribution is 6.61. The molecule has 8 aromatic carbocycles. The highest BCUT2D eigenvalue weighted by Gasteiger charge is 2.27. The van der Waals surface area contributed by atoms with Gasteiger partial charge in [-0.3, -0.25) is 0 Å². The fourth-order valence-corrected chi connectivity index (χ4v) is 9.32. The van der Waals surface area contributed by atoms with Crippen molar-refractivity contribution in [1.29, 1.82) is 0 Å². The summed E-state index contributed by atoms with van der Waals surface area (Å²) in [5, 5.41) is 4.64. The first kappa shape index (κ1) is 37.3. The number of nitrogens with zero attached hydrogens (tertiary/aromatic N) is 5. The predicted molar refractivity (Wildman–Crippen MR) is 264 cm³/mol. The first-order chi connectivity index (χ1) is 30.7. The Morgan fingerprint density at radius 2 is 0.905 bits per heavy atom. The van der Waals surface area contributed by atoms with Crippen LogP contribution < -0.4 is 32.8 Å². The van der Waals surface area contributed by atoms with Gasteiger partial charge in [-0.05, 0) is 36.4 Å². The van der Waals surface area contributed by atoms with Crippen LogP contribution >= 0.6 is 0 Å². The average Bonchev–Trinajstić information content (AvgIpc) is 3.97. The van der Waals surface area contributed by atoms with E-state index in [-0.39, 0.29) is 0 Å². The van der Waals surface area contributed by atoms with Crippen molar-refractivity contribution in [2.24, 2.45) is 0 Å². The molecular weight excluding hydrogens is 763 g/mol. The van der Waals surface area contributed by atoms with Gasteiger partial charge in [0.15, 0.2) is 23.1 Å². The van der Waals surface area contributed by atoms with Crippen LogP contribution in [0.15, 0.2) is 156 Å². The molecule has 0 unspecified atom stereocenters. The molecule has 0 fully saturated rings. The Hall–Kier alpha value is -7.44. The van der Waals surface area contributed by atoms with Gasteiger partial charge in [-0.2, -0.15) is 0 Å². The van der Waals surface area contributed by atoms with Gasteiger partial charge in [0, 0.05) is 65.7 Å². The molecule has 0 atom stereocenters. The van der Waals surface area contributed by atoms with E-state index in [9.17, 15) is 0 Å². The fourth-order valence-electron chi connectivity index (χ4n) is 9.32. The second kappa shape index (κ2) is 14.0. The van der Waals surface area contributed by atoms with Crippen molar-refractivity contribution in [1.82, 2.24) is 24.1 Å². The first-order valence-corrected chi connectivity index (χ1v) is 20.3. The number of rotatable bonds is 5. The molecule has 4 heterocycles. The Balaban J connectivity index is 1.18. The molecule has 0 saturated heterocycles. The average molecular weight is 789 g/mol. The van der Waals surface area contributed by atoms with Crippen molar-refractivity contribution in [2.75, 3.05) is 0 Å². The van der Waals surface area contributed by atoms with Crippen molar-refractivity contribution in [3.63, 3.8) is 0 Å². The Labute approximate surface area is 369 Å². The maximum atomic E-state index is 7.17. The van der Waals surface area contributed by atoms with Crippen LogP contribution in [0.5, 0.6) is 0 Å². The minimum Gasteiger partial charge on any atom is -0.454 e. The summed E-state index contributed by atoms with van der Waals surface area (Å²) in [6.07, 6.45) is 0. The van der Waals surface area contributed by atoms with E-state index in [4.69, 9.17) is 66.4 Å². The van der Waals surface area contributed by atoms with E-state index in [1.807, 2.05) is 133 Å². The van der Waals surface area contributed by atoms with Crippen molar-refractivity contribution >= 4 is 145 Å². The molecule has 0 aliphatic heterocycles. The molecule has 12 radical (unpaired) electrons. The van der Waals surface area contributed by atoms with Crippen molar-refractivity contribution in [2.45, 2.75) is 0 Å². The molecule has 12 rings (SSSR count). The molecule has 12 heteroatoms. The Morgan fingerprint density at radius 1 is 0.397 bits per heavy atom. The second-order valence-corrected chi connectivity index (χ2v) is 15.8. The number of hydrogen-bond acceptors (Lipinski definition) is 4. The SMILES string of the molecule is [B]c1cc([B])c2c(c1)c1c([B])c([B])c3c4cc([B])cc([B])c4n(-c4cccc5c4oc4ccc(-c6nc(-c7ccccc7)nc(-c7ccccc7)n6)cc45)c3c1n2-c1ccccc1. The lowest BCUT2D eigenvalue weighted by atomic mass is 9.74. The lowest BCUT2D eigenvalue weighted by Crippen LogP contribution is -2.27. The zero-order valence-electron chi connectivity index (χ0n) is 33.5. The first-order valence-electron chi connectivity index (χ1n) is 20.3. The van der Waals surface area contributed by atoms with Crippen LogP contribution in [0.4, 0.5) is 0 Å². The summed E-state index contributed by atoms with van der Waals surface area (Å²) in [6.45, 7) is 0. The molecule has 12 aromatic rings. The minimum absolute atomic E-state index is 0.378. The Morgan fingerprint density at radius 3 is 1.48 bits per heavy atom. The third-order valence-electron chi connectivity index (χ3n) is 12.0. The van der Waals surface area contributed by atoms with E-state index in [0.29, 0.717) is 77.7 Å². The van der Waals surface area contributed by atoms with Crippen LogP contribution in [0.1, 0.15) is 0 Å². The van der Waals surface area contributed by atoms with Gasteiger partial charge >= 0.3 is 0 Å². The summed E-state index contributed by atoms with van der Waals surface area (Å²) in [4.78, 5) is 14.9. The minimum atomic E-state index is 0.378. The van der Waals surface area contributed by atoms with Crippen LogP contribution in [0.25, 0.3) is 111 Å². The van der Waals surface area contributed by atoms with Crippen molar-refractivity contribution in [3.05, 3.63) is 152 Å². The van der Waals surface area contributed by atoms with E-state index in [0.717, 1.165) is 66.2 Å². The van der Waals surface area contributed by atoms with Crippen molar-refractivity contribution < 1.29 is 4.42 Å². The van der Waals surface area contributed by atoms with Gasteiger partial charge in [0.25, 0.3) is 0 Å². The van der Waals surface area contributed by atoms with Gasteiger partial charge in [-0.15, -0.1) is 0 Å². The van der Waals surface area contributed by atoms with E-state index in [2.05, 4.69) is 15.2 Å². The molecule has 0 aliphatic carbocycles. The number of hydrogen-bond donors (Lipinski definition) is 0. The molecule has 0 aliphatic rings. The van der Waals surface area contributed by atoms with Crippen LogP contribution in [0.3, 0.4) is 0 Å². The monoisotopic (exact) mass is 789 g/mol. The molecule has 0 spiro atoms. The summed E-state index contributed by atoms with van der Waals surface area (Å²) in [5.41, 5.74) is 11.1. The highest BCUT2D eigenvalue weighted by Crippen LogP contribution is 2.42. The van der Waals surface area contributed by atoms with Crippen LogP contribution in [-0.4, -0.2) is 71.2 Å². The number of para-hydroxylation sites is 2. The molecule has 278 valence electrons. The maximum absolute atomic E-state index is 7.17. The van der Waals surface area contributed by atoms with Crippen LogP contribution in [0, 0.1) is 0 Å². The standard InChI is InChI=1S/C51H25B6N5O/c52-29-22-34-40-42(56)43(57)41-35-23-30(53)25-37(55)45(35)62(47(41)46(40)61(44(34)36(54)24-29)31-15-8-3-9-16-31)38-18-10-17-32-33-21-28(19-20-39(33)63-48(32)38)51-59-49(26-11-4-1-5-12-26)58-50(60-51)27-13-6-2-7-14-27/h1-25H. The zero-order chi connectivity index (χ0) is 42.7. The number of aromatic nitrogens is 5. The summed E-state index contributed by atoms with van der Waals surface area (Å²) < 4.78 is 11.1. The molecule has 0 bridgehead atoms. The molecule has 63 heavy (non-hydrogen) atoms. The Bertz CT molecular complexity index is 3810. The fraction of sp³-hybridized carbons (Fsp3) is 0. The highest BCUT2D eigenvalue weighted by atomic mass is 16.3. The van der Waals surface area contributed by atoms with E-state index in [1.54, 1.807) is 12.1 Å². The van der Waals surface area contributed by atoms with Gasteiger partial charge in [-0.25, -0.2) is 15.0 Å².